The number of aliphatic hydroxyl groups excluding tert-OH is 1. The van der Waals surface area contributed by atoms with E-state index in [0.29, 0.717) is 13.2 Å². The van der Waals surface area contributed by atoms with Crippen LogP contribution in [-0.2, 0) is 11.2 Å². The van der Waals surface area contributed by atoms with Gasteiger partial charge in [0.25, 0.3) is 0 Å². The first-order valence-electron chi connectivity index (χ1n) is 6.87. The third-order valence-corrected chi connectivity index (χ3v) is 3.17. The van der Waals surface area contributed by atoms with Crippen LogP contribution in [0.4, 0.5) is 0 Å². The van der Waals surface area contributed by atoms with E-state index in [2.05, 4.69) is 0 Å². The maximum absolute atomic E-state index is 10.2. The van der Waals surface area contributed by atoms with E-state index in [-0.39, 0.29) is 12.7 Å². The lowest BCUT2D eigenvalue weighted by molar-refractivity contribution is 0.0403. The molecule has 0 bridgehead atoms. The number of aliphatic hydroxyl groups is 1. The Morgan fingerprint density at radius 3 is 2.84 bits per heavy atom. The van der Waals surface area contributed by atoms with E-state index in [4.69, 9.17) is 14.2 Å². The van der Waals surface area contributed by atoms with Crippen LogP contribution in [0.15, 0.2) is 12.1 Å². The SMILES string of the molecule is CCOCC(O)c1cc2c(cc1OCC)CC(C)O2. The molecule has 1 aliphatic rings. The first-order valence-corrected chi connectivity index (χ1v) is 6.87. The van der Waals surface area contributed by atoms with Crippen molar-refractivity contribution in [2.75, 3.05) is 19.8 Å². The van der Waals surface area contributed by atoms with Crippen molar-refractivity contribution in [2.45, 2.75) is 39.4 Å². The fraction of sp³-hybridized carbons (Fsp3) is 0.600. The van der Waals surface area contributed by atoms with Gasteiger partial charge in [0, 0.05) is 24.2 Å². The van der Waals surface area contributed by atoms with E-state index in [1.807, 2.05) is 32.9 Å². The molecule has 2 rings (SSSR count). The highest BCUT2D eigenvalue weighted by Crippen LogP contribution is 2.37. The van der Waals surface area contributed by atoms with Gasteiger partial charge in [-0.05, 0) is 32.9 Å². The smallest absolute Gasteiger partial charge is 0.125 e. The number of hydrogen-bond donors (Lipinski definition) is 1. The Balaban J connectivity index is 2.27. The Morgan fingerprint density at radius 1 is 1.37 bits per heavy atom. The van der Waals surface area contributed by atoms with Gasteiger partial charge in [-0.25, -0.2) is 0 Å². The summed E-state index contributed by atoms with van der Waals surface area (Å²) in [6.07, 6.45) is 0.382. The highest BCUT2D eigenvalue weighted by atomic mass is 16.5. The summed E-state index contributed by atoms with van der Waals surface area (Å²) in [7, 11) is 0. The number of benzene rings is 1. The minimum absolute atomic E-state index is 0.184. The fourth-order valence-electron chi connectivity index (χ4n) is 2.32. The highest BCUT2D eigenvalue weighted by molar-refractivity contribution is 5.49. The molecular weight excluding hydrogens is 244 g/mol. The summed E-state index contributed by atoms with van der Waals surface area (Å²) in [6, 6.07) is 3.86. The minimum atomic E-state index is -0.689. The molecular formula is C15H22O4. The predicted molar refractivity (Wildman–Crippen MR) is 72.9 cm³/mol. The van der Waals surface area contributed by atoms with Gasteiger partial charge < -0.3 is 19.3 Å². The van der Waals surface area contributed by atoms with Crippen LogP contribution in [0.3, 0.4) is 0 Å². The standard InChI is InChI=1S/C15H22O4/c1-4-17-9-13(16)12-8-14-11(6-10(3)19-14)7-15(12)18-5-2/h7-8,10,13,16H,4-6,9H2,1-3H3. The van der Waals surface area contributed by atoms with Crippen LogP contribution in [0.2, 0.25) is 0 Å². The molecule has 0 aliphatic carbocycles. The van der Waals surface area contributed by atoms with Gasteiger partial charge in [0.15, 0.2) is 0 Å². The molecule has 0 fully saturated rings. The van der Waals surface area contributed by atoms with Crippen LogP contribution in [-0.4, -0.2) is 31.0 Å². The molecule has 1 aliphatic heterocycles. The van der Waals surface area contributed by atoms with E-state index in [9.17, 15) is 5.11 Å². The second-order valence-electron chi connectivity index (χ2n) is 4.74. The summed E-state index contributed by atoms with van der Waals surface area (Å²) in [6.45, 7) is 7.30. The molecule has 0 amide bonds. The van der Waals surface area contributed by atoms with Crippen LogP contribution in [0, 0.1) is 0 Å². The minimum Gasteiger partial charge on any atom is -0.493 e. The third-order valence-electron chi connectivity index (χ3n) is 3.17. The second-order valence-corrected chi connectivity index (χ2v) is 4.74. The molecule has 4 nitrogen and oxygen atoms in total. The van der Waals surface area contributed by atoms with Gasteiger partial charge in [-0.1, -0.05) is 0 Å². The largest absolute Gasteiger partial charge is 0.493 e. The first-order chi connectivity index (χ1) is 9.15. The van der Waals surface area contributed by atoms with Crippen molar-refractivity contribution in [3.63, 3.8) is 0 Å². The molecule has 0 saturated carbocycles. The number of ether oxygens (including phenoxy) is 3. The Hall–Kier alpha value is -1.26. The molecule has 0 radical (unpaired) electrons. The fourth-order valence-corrected chi connectivity index (χ4v) is 2.32. The Kier molecular flexibility index (Phi) is 4.66. The van der Waals surface area contributed by atoms with Crippen molar-refractivity contribution in [1.82, 2.24) is 0 Å². The molecule has 1 N–H and O–H groups in total. The van der Waals surface area contributed by atoms with Crippen molar-refractivity contribution in [1.29, 1.82) is 0 Å². The maximum atomic E-state index is 10.2. The number of fused-ring (bicyclic) bond motifs is 1. The summed E-state index contributed by atoms with van der Waals surface area (Å²) < 4.78 is 16.6. The lowest BCUT2D eigenvalue weighted by Gasteiger charge is -2.17. The van der Waals surface area contributed by atoms with Gasteiger partial charge in [-0.2, -0.15) is 0 Å². The van der Waals surface area contributed by atoms with Crippen molar-refractivity contribution in [3.8, 4) is 11.5 Å². The molecule has 0 saturated heterocycles. The molecule has 2 atom stereocenters. The van der Waals surface area contributed by atoms with E-state index in [0.717, 1.165) is 29.0 Å². The first kappa shape index (κ1) is 14.2. The molecule has 1 aromatic rings. The van der Waals surface area contributed by atoms with Gasteiger partial charge >= 0.3 is 0 Å². The molecule has 1 aromatic carbocycles. The molecule has 2 unspecified atom stereocenters. The van der Waals surface area contributed by atoms with Crippen molar-refractivity contribution in [3.05, 3.63) is 23.3 Å². The normalized spacial score (nSPS) is 18.8. The lowest BCUT2D eigenvalue weighted by Crippen LogP contribution is -2.09. The molecule has 19 heavy (non-hydrogen) atoms. The quantitative estimate of drug-likeness (QED) is 0.859. The zero-order valence-corrected chi connectivity index (χ0v) is 11.8. The average molecular weight is 266 g/mol. The Labute approximate surface area is 114 Å². The summed E-state index contributed by atoms with van der Waals surface area (Å²) in [5.74, 6) is 1.58. The Bertz CT molecular complexity index is 430. The highest BCUT2D eigenvalue weighted by Gasteiger charge is 2.24. The third kappa shape index (κ3) is 3.19. The van der Waals surface area contributed by atoms with Crippen LogP contribution in [0.1, 0.15) is 38.0 Å². The van der Waals surface area contributed by atoms with E-state index >= 15 is 0 Å². The number of hydrogen-bond acceptors (Lipinski definition) is 4. The molecule has 1 heterocycles. The van der Waals surface area contributed by atoms with E-state index < -0.39 is 6.10 Å². The zero-order chi connectivity index (χ0) is 13.8. The lowest BCUT2D eigenvalue weighted by atomic mass is 10.0. The average Bonchev–Trinajstić information content (AvgIpc) is 2.74. The summed E-state index contributed by atoms with van der Waals surface area (Å²) in [4.78, 5) is 0. The van der Waals surface area contributed by atoms with Crippen molar-refractivity contribution >= 4 is 0 Å². The van der Waals surface area contributed by atoms with Crippen molar-refractivity contribution < 1.29 is 19.3 Å². The van der Waals surface area contributed by atoms with Gasteiger partial charge in [0.1, 0.15) is 23.7 Å². The molecule has 4 heteroatoms. The van der Waals surface area contributed by atoms with Crippen LogP contribution < -0.4 is 9.47 Å². The van der Waals surface area contributed by atoms with Crippen molar-refractivity contribution in [2.24, 2.45) is 0 Å². The van der Waals surface area contributed by atoms with Gasteiger partial charge in [-0.15, -0.1) is 0 Å². The van der Waals surface area contributed by atoms with Crippen LogP contribution >= 0.6 is 0 Å². The second kappa shape index (κ2) is 6.26. The van der Waals surface area contributed by atoms with E-state index in [1.54, 1.807) is 0 Å². The topological polar surface area (TPSA) is 47.9 Å². The molecule has 0 aromatic heterocycles. The summed E-state index contributed by atoms with van der Waals surface area (Å²) in [5.41, 5.74) is 1.88. The summed E-state index contributed by atoms with van der Waals surface area (Å²) in [5, 5.41) is 10.2. The Morgan fingerprint density at radius 2 is 2.16 bits per heavy atom. The van der Waals surface area contributed by atoms with E-state index in [1.165, 1.54) is 0 Å². The van der Waals surface area contributed by atoms with Crippen LogP contribution in [0.25, 0.3) is 0 Å². The summed E-state index contributed by atoms with van der Waals surface area (Å²) >= 11 is 0. The predicted octanol–water partition coefficient (Wildman–Crippen LogP) is 2.48. The maximum Gasteiger partial charge on any atom is 0.125 e. The van der Waals surface area contributed by atoms with Gasteiger partial charge in [-0.3, -0.25) is 0 Å². The molecule has 106 valence electrons. The zero-order valence-electron chi connectivity index (χ0n) is 11.8. The van der Waals surface area contributed by atoms with Gasteiger partial charge in [0.05, 0.1) is 13.2 Å². The molecule has 0 spiro atoms. The number of rotatable bonds is 6. The monoisotopic (exact) mass is 266 g/mol. The van der Waals surface area contributed by atoms with Gasteiger partial charge in [0.2, 0.25) is 0 Å². The van der Waals surface area contributed by atoms with Crippen LogP contribution in [0.5, 0.6) is 11.5 Å².